The molecule has 94 valence electrons. The first kappa shape index (κ1) is 12.1. The largest absolute Gasteiger partial charge is 0.366 e. The summed E-state index contributed by atoms with van der Waals surface area (Å²) in [5.41, 5.74) is 7.55. The summed E-state index contributed by atoms with van der Waals surface area (Å²) in [6.07, 6.45) is 0. The Hall–Kier alpha value is -2.37. The van der Waals surface area contributed by atoms with E-state index in [1.54, 1.807) is 0 Å². The van der Waals surface area contributed by atoms with Gasteiger partial charge >= 0.3 is 0 Å². The number of nitrogens with zero attached hydrogens (tertiary/aromatic N) is 2. The van der Waals surface area contributed by atoms with Gasteiger partial charge in [0, 0.05) is 0 Å². The quantitative estimate of drug-likeness (QED) is 0.756. The fourth-order valence-corrected chi connectivity index (χ4v) is 1.58. The molecule has 1 atom stereocenters. The van der Waals surface area contributed by atoms with Crippen LogP contribution >= 0.6 is 0 Å². The van der Waals surface area contributed by atoms with Gasteiger partial charge in [-0.15, -0.1) is 5.10 Å². The monoisotopic (exact) mass is 245 g/mol. The Labute approximate surface area is 105 Å². The summed E-state index contributed by atoms with van der Waals surface area (Å²) >= 11 is 0. The van der Waals surface area contributed by atoms with E-state index in [0.29, 0.717) is 0 Å². The van der Waals surface area contributed by atoms with Crippen molar-refractivity contribution < 1.29 is 4.79 Å². The predicted molar refractivity (Wildman–Crippen MR) is 67.9 cm³/mol. The maximum Gasteiger partial charge on any atom is 0.289 e. The average molecular weight is 245 g/mol. The summed E-state index contributed by atoms with van der Waals surface area (Å²) in [5.74, 6) is -0.151. The first-order valence-corrected chi connectivity index (χ1v) is 5.61. The van der Waals surface area contributed by atoms with Crippen LogP contribution in [0.25, 0.3) is 0 Å². The number of rotatable bonds is 3. The number of aromatic nitrogens is 3. The number of carbonyl (C=O) groups excluding carboxylic acids is 1. The molecule has 0 bridgehead atoms. The zero-order valence-corrected chi connectivity index (χ0v) is 10.3. The van der Waals surface area contributed by atoms with Crippen molar-refractivity contribution in [2.75, 3.05) is 5.73 Å². The second-order valence-corrected chi connectivity index (χ2v) is 4.15. The molecular weight excluding hydrogens is 230 g/mol. The van der Waals surface area contributed by atoms with E-state index in [0.717, 1.165) is 5.56 Å². The highest BCUT2D eigenvalue weighted by molar-refractivity contribution is 5.90. The predicted octanol–water partition coefficient (Wildman–Crippen LogP) is 1.19. The van der Waals surface area contributed by atoms with Crippen LogP contribution in [-0.2, 0) is 0 Å². The van der Waals surface area contributed by atoms with Crippen LogP contribution in [0.15, 0.2) is 24.3 Å². The smallest absolute Gasteiger partial charge is 0.289 e. The van der Waals surface area contributed by atoms with Crippen LogP contribution < -0.4 is 11.1 Å². The van der Waals surface area contributed by atoms with Gasteiger partial charge < -0.3 is 11.1 Å². The highest BCUT2D eigenvalue weighted by Gasteiger charge is 2.14. The average Bonchev–Trinajstić information content (AvgIpc) is 2.76. The lowest BCUT2D eigenvalue weighted by molar-refractivity contribution is 0.0930. The zero-order valence-electron chi connectivity index (χ0n) is 10.3. The Bertz CT molecular complexity index is 546. The summed E-state index contributed by atoms with van der Waals surface area (Å²) in [5, 5.41) is 8.90. The van der Waals surface area contributed by atoms with Gasteiger partial charge in [-0.05, 0) is 19.4 Å². The van der Waals surface area contributed by atoms with Crippen LogP contribution in [0.4, 0.5) is 5.95 Å². The Morgan fingerprint density at radius 3 is 2.61 bits per heavy atom. The minimum Gasteiger partial charge on any atom is -0.366 e. The first-order chi connectivity index (χ1) is 8.56. The normalized spacial score (nSPS) is 12.1. The molecule has 0 saturated carbocycles. The molecule has 0 saturated heterocycles. The molecule has 0 spiro atoms. The number of nitrogens with two attached hydrogens (primary N) is 1. The maximum absolute atomic E-state index is 11.8. The number of hydrogen-bond donors (Lipinski definition) is 3. The van der Waals surface area contributed by atoms with Crippen LogP contribution in [-0.4, -0.2) is 21.1 Å². The van der Waals surface area contributed by atoms with E-state index in [9.17, 15) is 4.79 Å². The lowest BCUT2D eigenvalue weighted by Crippen LogP contribution is -2.27. The zero-order chi connectivity index (χ0) is 13.1. The molecule has 1 aromatic carbocycles. The molecule has 1 heterocycles. The van der Waals surface area contributed by atoms with Gasteiger partial charge in [-0.25, -0.2) is 0 Å². The van der Waals surface area contributed by atoms with E-state index in [1.807, 2.05) is 38.1 Å². The van der Waals surface area contributed by atoms with Crippen molar-refractivity contribution >= 4 is 11.9 Å². The van der Waals surface area contributed by atoms with Gasteiger partial charge in [0.15, 0.2) is 0 Å². The van der Waals surface area contributed by atoms with Gasteiger partial charge in [0.2, 0.25) is 11.8 Å². The van der Waals surface area contributed by atoms with E-state index in [-0.39, 0.29) is 23.7 Å². The van der Waals surface area contributed by atoms with Crippen molar-refractivity contribution in [2.24, 2.45) is 0 Å². The minimum absolute atomic E-state index is 0.0585. The molecule has 4 N–H and O–H groups in total. The molecule has 2 rings (SSSR count). The number of nitrogens with one attached hydrogen (secondary N) is 2. The lowest BCUT2D eigenvalue weighted by Gasteiger charge is -2.13. The van der Waals surface area contributed by atoms with E-state index < -0.39 is 0 Å². The Kier molecular flexibility index (Phi) is 3.27. The number of benzene rings is 1. The second kappa shape index (κ2) is 4.87. The third-order valence-electron chi connectivity index (χ3n) is 2.64. The molecule has 1 amide bonds. The van der Waals surface area contributed by atoms with Crippen LogP contribution in [0.2, 0.25) is 0 Å². The van der Waals surface area contributed by atoms with E-state index >= 15 is 0 Å². The van der Waals surface area contributed by atoms with Crippen molar-refractivity contribution in [1.82, 2.24) is 20.5 Å². The summed E-state index contributed by atoms with van der Waals surface area (Å²) in [6, 6.07) is 7.86. The molecular formula is C12H15N5O. The summed E-state index contributed by atoms with van der Waals surface area (Å²) in [7, 11) is 0. The molecule has 0 aliphatic carbocycles. The van der Waals surface area contributed by atoms with Crippen molar-refractivity contribution in [3.63, 3.8) is 0 Å². The number of aryl methyl sites for hydroxylation is 1. The van der Waals surface area contributed by atoms with Crippen molar-refractivity contribution in [3.05, 3.63) is 41.2 Å². The van der Waals surface area contributed by atoms with E-state index in [1.165, 1.54) is 5.56 Å². The summed E-state index contributed by atoms with van der Waals surface area (Å²) in [4.78, 5) is 15.6. The third kappa shape index (κ3) is 2.65. The highest BCUT2D eigenvalue weighted by atomic mass is 16.2. The van der Waals surface area contributed by atoms with Crippen LogP contribution in [0.5, 0.6) is 0 Å². The summed E-state index contributed by atoms with van der Waals surface area (Å²) in [6.45, 7) is 3.92. The van der Waals surface area contributed by atoms with E-state index in [4.69, 9.17) is 5.73 Å². The second-order valence-electron chi connectivity index (χ2n) is 4.15. The van der Waals surface area contributed by atoms with Crippen LogP contribution in [0, 0.1) is 6.92 Å². The molecule has 0 radical (unpaired) electrons. The fraction of sp³-hybridized carbons (Fsp3) is 0.250. The molecule has 0 aliphatic heterocycles. The number of carbonyl (C=O) groups is 1. The Morgan fingerprint density at radius 1 is 1.39 bits per heavy atom. The van der Waals surface area contributed by atoms with Crippen molar-refractivity contribution in [2.45, 2.75) is 19.9 Å². The SMILES string of the molecule is Cc1ccc([C@H](C)NC(=O)c2nc(N)n[nH]2)cc1. The molecule has 0 aliphatic rings. The van der Waals surface area contributed by atoms with Crippen molar-refractivity contribution in [1.29, 1.82) is 0 Å². The van der Waals surface area contributed by atoms with Crippen LogP contribution in [0.3, 0.4) is 0 Å². The number of nitrogen functional groups attached to an aromatic ring is 1. The first-order valence-electron chi connectivity index (χ1n) is 5.61. The number of anilines is 1. The minimum atomic E-state index is -0.327. The molecule has 2 aromatic rings. The molecule has 6 nitrogen and oxygen atoms in total. The van der Waals surface area contributed by atoms with Gasteiger partial charge in [0.05, 0.1) is 6.04 Å². The summed E-state index contributed by atoms with van der Waals surface area (Å²) < 4.78 is 0. The van der Waals surface area contributed by atoms with E-state index in [2.05, 4.69) is 20.5 Å². The molecule has 0 unspecified atom stereocenters. The van der Waals surface area contributed by atoms with Gasteiger partial charge in [-0.2, -0.15) is 4.98 Å². The standard InChI is InChI=1S/C12H15N5O/c1-7-3-5-9(6-4-7)8(2)14-11(18)10-15-12(13)17-16-10/h3-6,8H,1-2H3,(H,14,18)(H3,13,15,16,17)/t8-/m0/s1. The molecule has 0 fully saturated rings. The lowest BCUT2D eigenvalue weighted by atomic mass is 10.1. The third-order valence-corrected chi connectivity index (χ3v) is 2.64. The molecule has 1 aromatic heterocycles. The maximum atomic E-state index is 11.8. The van der Waals surface area contributed by atoms with Gasteiger partial charge in [-0.1, -0.05) is 29.8 Å². The number of aromatic amines is 1. The van der Waals surface area contributed by atoms with Gasteiger partial charge in [-0.3, -0.25) is 9.89 Å². The fourth-order valence-electron chi connectivity index (χ4n) is 1.58. The van der Waals surface area contributed by atoms with Gasteiger partial charge in [0.25, 0.3) is 5.91 Å². The highest BCUT2D eigenvalue weighted by Crippen LogP contribution is 2.13. The topological polar surface area (TPSA) is 96.7 Å². The number of amides is 1. The number of H-pyrrole nitrogens is 1. The Balaban J connectivity index is 2.05. The van der Waals surface area contributed by atoms with Gasteiger partial charge in [0.1, 0.15) is 0 Å². The van der Waals surface area contributed by atoms with Crippen molar-refractivity contribution in [3.8, 4) is 0 Å². The molecule has 18 heavy (non-hydrogen) atoms. The molecule has 6 heteroatoms. The van der Waals surface area contributed by atoms with Crippen LogP contribution in [0.1, 0.15) is 34.7 Å². The Morgan fingerprint density at radius 2 is 2.06 bits per heavy atom. The number of hydrogen-bond acceptors (Lipinski definition) is 4.